The summed E-state index contributed by atoms with van der Waals surface area (Å²) in [5.74, 6) is -1.54. The molecule has 0 fully saturated rings. The van der Waals surface area contributed by atoms with Gasteiger partial charge in [0.2, 0.25) is 0 Å². The smallest absolute Gasteiger partial charge is 0.416 e. The van der Waals surface area contributed by atoms with Crippen molar-refractivity contribution in [1.29, 1.82) is 0 Å². The summed E-state index contributed by atoms with van der Waals surface area (Å²) < 4.78 is 41.4. The van der Waals surface area contributed by atoms with E-state index in [4.69, 9.17) is 16.7 Å². The van der Waals surface area contributed by atoms with Gasteiger partial charge in [0, 0.05) is 23.1 Å². The minimum atomic E-state index is -4.52. The maximum Gasteiger partial charge on any atom is 0.416 e. The molecule has 1 atom stereocenters. The van der Waals surface area contributed by atoms with E-state index in [1.807, 2.05) is 0 Å². The van der Waals surface area contributed by atoms with E-state index >= 15 is 0 Å². The SMILES string of the molecule is CC(NC(=O)c1c(Nc2cccc(C(F)(F)F)c2)c2cc(Cl)ccc2n1C)c1ccc(C(=O)O)cc1. The van der Waals surface area contributed by atoms with Gasteiger partial charge in [0.1, 0.15) is 5.69 Å². The highest BCUT2D eigenvalue weighted by Gasteiger charge is 2.31. The molecule has 6 nitrogen and oxygen atoms in total. The quantitative estimate of drug-likeness (QED) is 0.264. The van der Waals surface area contributed by atoms with Crippen LogP contribution in [0.3, 0.4) is 0 Å². The van der Waals surface area contributed by atoms with E-state index in [0.29, 0.717) is 27.2 Å². The number of nitrogens with zero attached hydrogens (tertiary/aromatic N) is 1. The largest absolute Gasteiger partial charge is 0.478 e. The Bertz CT molecular complexity index is 1460. The number of benzene rings is 3. The van der Waals surface area contributed by atoms with E-state index in [0.717, 1.165) is 12.1 Å². The van der Waals surface area contributed by atoms with Crippen molar-refractivity contribution in [2.75, 3.05) is 5.32 Å². The monoisotopic (exact) mass is 515 g/mol. The van der Waals surface area contributed by atoms with Crippen molar-refractivity contribution in [1.82, 2.24) is 9.88 Å². The first-order valence-electron chi connectivity index (χ1n) is 10.8. The van der Waals surface area contributed by atoms with Crippen LogP contribution in [0.25, 0.3) is 10.9 Å². The molecule has 1 heterocycles. The molecule has 0 radical (unpaired) electrons. The maximum atomic E-state index is 13.4. The predicted octanol–water partition coefficient (Wildman–Crippen LogP) is 6.78. The van der Waals surface area contributed by atoms with Crippen molar-refractivity contribution in [3.63, 3.8) is 0 Å². The summed E-state index contributed by atoms with van der Waals surface area (Å²) in [5.41, 5.74) is 1.29. The van der Waals surface area contributed by atoms with Crippen LogP contribution in [0.15, 0.2) is 66.7 Å². The van der Waals surface area contributed by atoms with Crippen molar-refractivity contribution < 1.29 is 27.9 Å². The lowest BCUT2D eigenvalue weighted by molar-refractivity contribution is -0.137. The molecule has 0 saturated heterocycles. The standard InChI is InChI=1S/C26H21ClF3N3O3/c1-14(15-6-8-16(9-7-15)25(35)36)31-24(34)23-22(20-13-18(27)10-11-21(20)33(23)2)32-19-5-3-4-17(12-19)26(28,29)30/h3-14,32H,1-2H3,(H,31,34)(H,35,36). The summed E-state index contributed by atoms with van der Waals surface area (Å²) in [5, 5.41) is 15.9. The van der Waals surface area contributed by atoms with Crippen LogP contribution in [0.1, 0.15) is 44.9 Å². The zero-order valence-corrected chi connectivity index (χ0v) is 19.9. The Hall–Kier alpha value is -3.98. The Morgan fingerprint density at radius 2 is 1.72 bits per heavy atom. The molecule has 186 valence electrons. The molecule has 36 heavy (non-hydrogen) atoms. The number of nitrogens with one attached hydrogen (secondary N) is 2. The predicted molar refractivity (Wildman–Crippen MR) is 132 cm³/mol. The first-order valence-corrected chi connectivity index (χ1v) is 11.2. The third-order valence-corrected chi connectivity index (χ3v) is 6.08. The van der Waals surface area contributed by atoms with Gasteiger partial charge in [-0.3, -0.25) is 4.79 Å². The Kier molecular flexibility index (Phi) is 6.69. The third kappa shape index (κ3) is 5.01. The number of aromatic nitrogens is 1. The van der Waals surface area contributed by atoms with Gasteiger partial charge < -0.3 is 20.3 Å². The fourth-order valence-electron chi connectivity index (χ4n) is 3.99. The molecule has 4 aromatic rings. The zero-order chi connectivity index (χ0) is 26.2. The highest BCUT2D eigenvalue weighted by Crippen LogP contribution is 2.36. The first-order chi connectivity index (χ1) is 17.0. The summed E-state index contributed by atoms with van der Waals surface area (Å²) in [6, 6.07) is 15.3. The number of carbonyl (C=O) groups is 2. The molecule has 3 N–H and O–H groups in total. The second-order valence-corrected chi connectivity index (χ2v) is 8.71. The fraction of sp³-hybridized carbons (Fsp3) is 0.154. The molecular formula is C26H21ClF3N3O3. The van der Waals surface area contributed by atoms with Crippen LogP contribution in [0.5, 0.6) is 0 Å². The molecule has 4 rings (SSSR count). The number of amides is 1. The molecule has 1 unspecified atom stereocenters. The number of carbonyl (C=O) groups excluding carboxylic acids is 1. The van der Waals surface area contributed by atoms with Crippen molar-refractivity contribution >= 4 is 45.8 Å². The lowest BCUT2D eigenvalue weighted by atomic mass is 10.1. The van der Waals surface area contributed by atoms with Crippen molar-refractivity contribution in [3.8, 4) is 0 Å². The number of rotatable bonds is 6. The molecule has 0 aliphatic heterocycles. The molecule has 0 aliphatic carbocycles. The third-order valence-electron chi connectivity index (χ3n) is 5.84. The fourth-order valence-corrected chi connectivity index (χ4v) is 4.16. The summed E-state index contributed by atoms with van der Waals surface area (Å²) in [7, 11) is 1.68. The summed E-state index contributed by atoms with van der Waals surface area (Å²) >= 11 is 6.19. The lowest BCUT2D eigenvalue weighted by Gasteiger charge is -2.17. The number of carboxylic acid groups (broad SMARTS) is 1. The van der Waals surface area contributed by atoms with E-state index in [1.165, 1.54) is 24.3 Å². The molecule has 0 spiro atoms. The van der Waals surface area contributed by atoms with Crippen molar-refractivity contribution in [2.45, 2.75) is 19.1 Å². The van der Waals surface area contributed by atoms with Crippen LogP contribution in [0.2, 0.25) is 5.02 Å². The second kappa shape index (κ2) is 9.58. The van der Waals surface area contributed by atoms with Crippen LogP contribution in [-0.4, -0.2) is 21.6 Å². The average molecular weight is 516 g/mol. The maximum absolute atomic E-state index is 13.4. The Morgan fingerprint density at radius 3 is 2.36 bits per heavy atom. The van der Waals surface area contributed by atoms with E-state index in [9.17, 15) is 22.8 Å². The van der Waals surface area contributed by atoms with Crippen LogP contribution < -0.4 is 10.6 Å². The number of carboxylic acids is 1. The first kappa shape index (κ1) is 25.1. The molecule has 1 amide bonds. The number of hydrogen-bond acceptors (Lipinski definition) is 3. The van der Waals surface area contributed by atoms with Gasteiger partial charge >= 0.3 is 12.1 Å². The number of halogens is 4. The van der Waals surface area contributed by atoms with Crippen molar-refractivity contribution in [2.24, 2.45) is 7.05 Å². The summed E-state index contributed by atoms with van der Waals surface area (Å²) in [4.78, 5) is 24.5. The van der Waals surface area contributed by atoms with Crippen molar-refractivity contribution in [3.05, 3.63) is 94.1 Å². The molecule has 3 aromatic carbocycles. The number of aryl methyl sites for hydroxylation is 1. The van der Waals surface area contributed by atoms with E-state index in [1.54, 1.807) is 48.9 Å². The number of alkyl halides is 3. The highest BCUT2D eigenvalue weighted by molar-refractivity contribution is 6.31. The Labute approximate surface area is 209 Å². The van der Waals surface area contributed by atoms with Crippen LogP contribution in [0.4, 0.5) is 24.5 Å². The highest BCUT2D eigenvalue weighted by atomic mass is 35.5. The minimum Gasteiger partial charge on any atom is -0.478 e. The minimum absolute atomic E-state index is 0.121. The zero-order valence-electron chi connectivity index (χ0n) is 19.2. The second-order valence-electron chi connectivity index (χ2n) is 8.27. The lowest BCUT2D eigenvalue weighted by Crippen LogP contribution is -2.29. The summed E-state index contributed by atoms with van der Waals surface area (Å²) in [6.07, 6.45) is -4.52. The van der Waals surface area contributed by atoms with Gasteiger partial charge in [0.05, 0.1) is 28.4 Å². The van der Waals surface area contributed by atoms with Crippen LogP contribution in [0, 0.1) is 0 Å². The van der Waals surface area contributed by atoms with Crippen LogP contribution in [-0.2, 0) is 13.2 Å². The number of hydrogen-bond donors (Lipinski definition) is 3. The Morgan fingerprint density at radius 1 is 1.03 bits per heavy atom. The molecule has 10 heteroatoms. The van der Waals surface area contributed by atoms with Gasteiger partial charge in [0.25, 0.3) is 5.91 Å². The van der Waals surface area contributed by atoms with E-state index < -0.39 is 29.7 Å². The van der Waals surface area contributed by atoms with Crippen LogP contribution >= 0.6 is 11.6 Å². The van der Waals surface area contributed by atoms with Gasteiger partial charge in [-0.25, -0.2) is 4.79 Å². The Balaban J connectivity index is 1.73. The number of fused-ring (bicyclic) bond motifs is 1. The molecule has 0 saturated carbocycles. The molecule has 0 bridgehead atoms. The van der Waals surface area contributed by atoms with Gasteiger partial charge in [-0.1, -0.05) is 29.8 Å². The van der Waals surface area contributed by atoms with Gasteiger partial charge in [-0.15, -0.1) is 0 Å². The molecular weight excluding hydrogens is 495 g/mol. The van der Waals surface area contributed by atoms with Gasteiger partial charge in [-0.05, 0) is 61.0 Å². The average Bonchev–Trinajstić information content (AvgIpc) is 3.09. The number of aromatic carboxylic acids is 1. The van der Waals surface area contributed by atoms with E-state index in [2.05, 4.69) is 10.6 Å². The number of anilines is 2. The topological polar surface area (TPSA) is 83.4 Å². The van der Waals surface area contributed by atoms with E-state index in [-0.39, 0.29) is 16.9 Å². The normalized spacial score (nSPS) is 12.4. The van der Waals surface area contributed by atoms with Gasteiger partial charge in [0.15, 0.2) is 0 Å². The van der Waals surface area contributed by atoms with Gasteiger partial charge in [-0.2, -0.15) is 13.2 Å². The molecule has 1 aromatic heterocycles. The summed E-state index contributed by atoms with van der Waals surface area (Å²) in [6.45, 7) is 1.74. The molecule has 0 aliphatic rings.